The first-order chi connectivity index (χ1) is 6.77. The molecule has 1 aromatic rings. The minimum atomic E-state index is -0.790. The van der Waals surface area contributed by atoms with Gasteiger partial charge in [-0.3, -0.25) is 0 Å². The first kappa shape index (κ1) is 12.8. The minimum absolute atomic E-state index is 0. The third-order valence-corrected chi connectivity index (χ3v) is 2.83. The average molecular weight is 250 g/mol. The number of rotatable bonds is 1. The topological polar surface area (TPSA) is 12.0 Å². The smallest absolute Gasteiger partial charge is 0.120 e. The van der Waals surface area contributed by atoms with Crippen LogP contribution in [0.3, 0.4) is 0 Å². The molecule has 1 aromatic carbocycles. The normalized spacial score (nSPS) is 25.7. The Morgan fingerprint density at radius 2 is 2.20 bits per heavy atom. The molecule has 4 heteroatoms. The molecule has 0 amide bonds. The van der Waals surface area contributed by atoms with E-state index in [9.17, 15) is 4.39 Å². The van der Waals surface area contributed by atoms with Crippen LogP contribution < -0.4 is 5.32 Å². The molecule has 2 unspecified atom stereocenters. The summed E-state index contributed by atoms with van der Waals surface area (Å²) in [7, 11) is 0. The molecule has 2 atom stereocenters. The lowest BCUT2D eigenvalue weighted by Crippen LogP contribution is -2.35. The molecule has 1 aliphatic rings. The number of alkyl halides is 1. The van der Waals surface area contributed by atoms with Gasteiger partial charge < -0.3 is 5.32 Å². The number of piperidine rings is 1. The fourth-order valence-corrected chi connectivity index (χ4v) is 2.07. The standard InChI is InChI=1S/C11H13ClFN.ClH/c12-9-4-1-3-8(7-9)11-10(13)5-2-6-14-11;/h1,3-4,7,10-11,14H,2,5-6H2;1H. The van der Waals surface area contributed by atoms with Crippen molar-refractivity contribution in [2.24, 2.45) is 0 Å². The Bertz CT molecular complexity index is 319. The number of benzene rings is 1. The van der Waals surface area contributed by atoms with Crippen LogP contribution in [0.25, 0.3) is 0 Å². The lowest BCUT2D eigenvalue weighted by atomic mass is 9.96. The second kappa shape index (κ2) is 5.69. The van der Waals surface area contributed by atoms with Crippen LogP contribution in [0.1, 0.15) is 24.4 Å². The maximum atomic E-state index is 13.6. The molecule has 1 aliphatic heterocycles. The molecule has 2 rings (SSSR count). The highest BCUT2D eigenvalue weighted by atomic mass is 35.5. The predicted molar refractivity (Wildman–Crippen MR) is 63.6 cm³/mol. The second-order valence-corrected chi connectivity index (χ2v) is 4.08. The highest BCUT2D eigenvalue weighted by Crippen LogP contribution is 2.27. The van der Waals surface area contributed by atoms with Crippen LogP contribution in [0.2, 0.25) is 5.02 Å². The van der Waals surface area contributed by atoms with Gasteiger partial charge in [0.1, 0.15) is 6.17 Å². The summed E-state index contributed by atoms with van der Waals surface area (Å²) in [5.74, 6) is 0. The summed E-state index contributed by atoms with van der Waals surface area (Å²) in [6, 6.07) is 7.24. The van der Waals surface area contributed by atoms with Crippen LogP contribution >= 0.6 is 24.0 Å². The molecule has 1 fully saturated rings. The number of halogens is 3. The van der Waals surface area contributed by atoms with Gasteiger partial charge in [0.05, 0.1) is 6.04 Å². The van der Waals surface area contributed by atoms with Crippen molar-refractivity contribution in [3.8, 4) is 0 Å². The van der Waals surface area contributed by atoms with Gasteiger partial charge in [0, 0.05) is 5.02 Å². The van der Waals surface area contributed by atoms with E-state index < -0.39 is 6.17 Å². The van der Waals surface area contributed by atoms with Crippen LogP contribution in [-0.2, 0) is 0 Å². The monoisotopic (exact) mass is 249 g/mol. The maximum Gasteiger partial charge on any atom is 0.120 e. The Labute approximate surface area is 100 Å². The zero-order valence-electron chi connectivity index (χ0n) is 8.25. The fourth-order valence-electron chi connectivity index (χ4n) is 1.88. The fraction of sp³-hybridized carbons (Fsp3) is 0.455. The molecule has 1 N–H and O–H groups in total. The van der Waals surface area contributed by atoms with Gasteiger partial charge in [-0.2, -0.15) is 0 Å². The molecule has 0 radical (unpaired) electrons. The molecule has 0 aliphatic carbocycles. The van der Waals surface area contributed by atoms with Gasteiger partial charge in [-0.25, -0.2) is 4.39 Å². The van der Waals surface area contributed by atoms with Crippen molar-refractivity contribution in [1.29, 1.82) is 0 Å². The molecule has 0 spiro atoms. The van der Waals surface area contributed by atoms with Crippen molar-refractivity contribution in [3.05, 3.63) is 34.9 Å². The lowest BCUT2D eigenvalue weighted by molar-refractivity contribution is 0.201. The van der Waals surface area contributed by atoms with Crippen molar-refractivity contribution in [2.45, 2.75) is 25.1 Å². The molecule has 84 valence electrons. The summed E-state index contributed by atoms with van der Waals surface area (Å²) < 4.78 is 13.6. The zero-order valence-corrected chi connectivity index (χ0v) is 9.82. The van der Waals surface area contributed by atoms with E-state index in [4.69, 9.17) is 11.6 Å². The molecule has 15 heavy (non-hydrogen) atoms. The highest BCUT2D eigenvalue weighted by Gasteiger charge is 2.25. The summed E-state index contributed by atoms with van der Waals surface area (Å²) in [5.41, 5.74) is 0.949. The SMILES string of the molecule is Cl.FC1CCCNC1c1cccc(Cl)c1. The minimum Gasteiger partial charge on any atom is -0.308 e. The van der Waals surface area contributed by atoms with E-state index in [0.29, 0.717) is 11.4 Å². The van der Waals surface area contributed by atoms with Gasteiger partial charge in [-0.1, -0.05) is 23.7 Å². The average Bonchev–Trinajstić information content (AvgIpc) is 2.18. The number of nitrogens with one attached hydrogen (secondary N) is 1. The molecule has 0 saturated carbocycles. The Hall–Kier alpha value is -0.310. The van der Waals surface area contributed by atoms with Gasteiger partial charge in [0.15, 0.2) is 0 Å². The van der Waals surface area contributed by atoms with Crippen molar-refractivity contribution in [3.63, 3.8) is 0 Å². The largest absolute Gasteiger partial charge is 0.308 e. The van der Waals surface area contributed by atoms with E-state index in [1.54, 1.807) is 6.07 Å². The lowest BCUT2D eigenvalue weighted by Gasteiger charge is -2.27. The molecule has 0 aromatic heterocycles. The third kappa shape index (κ3) is 3.07. The van der Waals surface area contributed by atoms with Gasteiger partial charge in [0.2, 0.25) is 0 Å². The quantitative estimate of drug-likeness (QED) is 0.804. The molecular weight excluding hydrogens is 236 g/mol. The zero-order chi connectivity index (χ0) is 9.97. The Balaban J connectivity index is 0.00000112. The van der Waals surface area contributed by atoms with Crippen molar-refractivity contribution >= 4 is 24.0 Å². The Kier molecular flexibility index (Phi) is 4.84. The first-order valence-corrected chi connectivity index (χ1v) is 5.28. The predicted octanol–water partition coefficient (Wildman–Crippen LogP) is 3.52. The Morgan fingerprint density at radius 3 is 2.87 bits per heavy atom. The molecule has 1 saturated heterocycles. The first-order valence-electron chi connectivity index (χ1n) is 4.90. The summed E-state index contributed by atoms with van der Waals surface area (Å²) in [6.45, 7) is 0.887. The van der Waals surface area contributed by atoms with Crippen LogP contribution in [-0.4, -0.2) is 12.7 Å². The summed E-state index contributed by atoms with van der Waals surface area (Å²) in [4.78, 5) is 0. The van der Waals surface area contributed by atoms with Crippen molar-refractivity contribution in [2.75, 3.05) is 6.54 Å². The number of hydrogen-bond acceptors (Lipinski definition) is 1. The van der Waals surface area contributed by atoms with Gasteiger partial charge in [-0.15, -0.1) is 12.4 Å². The van der Waals surface area contributed by atoms with E-state index >= 15 is 0 Å². The van der Waals surface area contributed by atoms with E-state index in [-0.39, 0.29) is 18.4 Å². The third-order valence-electron chi connectivity index (χ3n) is 2.59. The summed E-state index contributed by atoms with van der Waals surface area (Å²) in [6.07, 6.45) is 0.768. The Morgan fingerprint density at radius 1 is 1.40 bits per heavy atom. The van der Waals surface area contributed by atoms with Crippen LogP contribution in [0, 0.1) is 0 Å². The van der Waals surface area contributed by atoms with Crippen molar-refractivity contribution in [1.82, 2.24) is 5.32 Å². The molecule has 0 bridgehead atoms. The summed E-state index contributed by atoms with van der Waals surface area (Å²) in [5, 5.41) is 3.85. The van der Waals surface area contributed by atoms with E-state index in [2.05, 4.69) is 5.32 Å². The van der Waals surface area contributed by atoms with Crippen LogP contribution in [0.5, 0.6) is 0 Å². The molecule has 1 nitrogen and oxygen atoms in total. The highest BCUT2D eigenvalue weighted by molar-refractivity contribution is 6.30. The molecule has 1 heterocycles. The van der Waals surface area contributed by atoms with Gasteiger partial charge in [-0.05, 0) is 37.1 Å². The maximum absolute atomic E-state index is 13.6. The van der Waals surface area contributed by atoms with Gasteiger partial charge in [0.25, 0.3) is 0 Å². The van der Waals surface area contributed by atoms with Crippen molar-refractivity contribution < 1.29 is 4.39 Å². The van der Waals surface area contributed by atoms with Gasteiger partial charge >= 0.3 is 0 Å². The van der Waals surface area contributed by atoms with Crippen LogP contribution in [0.4, 0.5) is 4.39 Å². The van der Waals surface area contributed by atoms with E-state index in [1.807, 2.05) is 18.2 Å². The van der Waals surface area contributed by atoms with Crippen LogP contribution in [0.15, 0.2) is 24.3 Å². The molecular formula is C11H14Cl2FN. The van der Waals surface area contributed by atoms with E-state index in [1.165, 1.54) is 0 Å². The summed E-state index contributed by atoms with van der Waals surface area (Å²) >= 11 is 5.86. The number of hydrogen-bond donors (Lipinski definition) is 1. The van der Waals surface area contributed by atoms with E-state index in [0.717, 1.165) is 18.5 Å². The second-order valence-electron chi connectivity index (χ2n) is 3.65.